The summed E-state index contributed by atoms with van der Waals surface area (Å²) in [5.74, 6) is 0.504. The first-order valence-corrected chi connectivity index (χ1v) is 2.77. The van der Waals surface area contributed by atoms with E-state index in [9.17, 15) is 8.78 Å². The van der Waals surface area contributed by atoms with E-state index >= 15 is 0 Å². The van der Waals surface area contributed by atoms with Crippen molar-refractivity contribution in [2.75, 3.05) is 0 Å². The summed E-state index contributed by atoms with van der Waals surface area (Å²) < 4.78 is 23.6. The molecule has 0 amide bonds. The lowest BCUT2D eigenvalue weighted by atomic mass is 10.4. The summed E-state index contributed by atoms with van der Waals surface area (Å²) in [6.45, 7) is 1.65. The summed E-state index contributed by atoms with van der Waals surface area (Å²) in [6, 6.07) is 0. The fraction of sp³-hybridized carbons (Fsp3) is 0.333. The van der Waals surface area contributed by atoms with Crippen LogP contribution in [0.4, 0.5) is 8.78 Å². The number of halogens is 2. The molecule has 0 saturated carbocycles. The maximum absolute atomic E-state index is 11.8. The summed E-state index contributed by atoms with van der Waals surface area (Å²) in [5, 5.41) is 0. The summed E-state index contributed by atoms with van der Waals surface area (Å²) in [7, 11) is 0. The zero-order chi connectivity index (χ0) is 7.56. The second-order valence-electron chi connectivity index (χ2n) is 1.86. The Morgan fingerprint density at radius 3 is 2.20 bits per heavy atom. The third kappa shape index (κ3) is 1.46. The van der Waals surface area contributed by atoms with E-state index in [1.807, 2.05) is 0 Å². The Hall–Kier alpha value is -1.06. The predicted molar refractivity (Wildman–Crippen MR) is 31.7 cm³/mol. The average Bonchev–Trinajstić information content (AvgIpc) is 1.88. The van der Waals surface area contributed by atoms with E-state index in [1.54, 1.807) is 6.92 Å². The van der Waals surface area contributed by atoms with Gasteiger partial charge in [0.25, 0.3) is 6.43 Å². The van der Waals surface area contributed by atoms with Gasteiger partial charge in [0.2, 0.25) is 0 Å². The van der Waals surface area contributed by atoms with Gasteiger partial charge in [0.1, 0.15) is 5.82 Å². The summed E-state index contributed by atoms with van der Waals surface area (Å²) in [4.78, 5) is 7.22. The van der Waals surface area contributed by atoms with Crippen LogP contribution in [-0.4, -0.2) is 9.97 Å². The largest absolute Gasteiger partial charge is 0.266 e. The average molecular weight is 144 g/mol. The zero-order valence-electron chi connectivity index (χ0n) is 5.38. The number of aromatic nitrogens is 2. The lowest BCUT2D eigenvalue weighted by Crippen LogP contribution is -1.90. The summed E-state index contributed by atoms with van der Waals surface area (Å²) in [5.41, 5.74) is -0.134. The third-order valence-corrected chi connectivity index (χ3v) is 1.05. The van der Waals surface area contributed by atoms with Crippen LogP contribution in [0.15, 0.2) is 12.4 Å². The standard InChI is InChI=1S/C6H6F2N2/c1-4-9-2-5(3-10-4)6(7)8/h2-3,6H,1H3. The number of hydrogen-bond donors (Lipinski definition) is 0. The molecule has 4 heteroatoms. The molecule has 0 aliphatic rings. The Kier molecular flexibility index (Phi) is 1.89. The molecular formula is C6H6F2N2. The predicted octanol–water partition coefficient (Wildman–Crippen LogP) is 1.72. The lowest BCUT2D eigenvalue weighted by molar-refractivity contribution is 0.150. The maximum atomic E-state index is 11.8. The fourth-order valence-electron chi connectivity index (χ4n) is 0.515. The van der Waals surface area contributed by atoms with Crippen LogP contribution >= 0.6 is 0 Å². The van der Waals surface area contributed by atoms with E-state index in [4.69, 9.17) is 0 Å². The molecule has 0 aliphatic carbocycles. The van der Waals surface area contributed by atoms with Gasteiger partial charge in [-0.1, -0.05) is 0 Å². The van der Waals surface area contributed by atoms with Crippen LogP contribution in [0.5, 0.6) is 0 Å². The normalized spacial score (nSPS) is 10.4. The second-order valence-corrected chi connectivity index (χ2v) is 1.86. The molecule has 10 heavy (non-hydrogen) atoms. The first-order chi connectivity index (χ1) is 4.70. The van der Waals surface area contributed by atoms with Crippen LogP contribution in [0.1, 0.15) is 17.8 Å². The molecule has 0 fully saturated rings. The highest BCUT2D eigenvalue weighted by Gasteiger charge is 2.05. The van der Waals surface area contributed by atoms with E-state index in [-0.39, 0.29) is 5.56 Å². The second kappa shape index (κ2) is 2.68. The topological polar surface area (TPSA) is 25.8 Å². The number of alkyl halides is 2. The van der Waals surface area contributed by atoms with Gasteiger partial charge in [0.05, 0.1) is 5.56 Å². The highest BCUT2D eigenvalue weighted by atomic mass is 19.3. The molecule has 0 atom stereocenters. The van der Waals surface area contributed by atoms with Crippen LogP contribution in [0.25, 0.3) is 0 Å². The van der Waals surface area contributed by atoms with Crippen LogP contribution in [-0.2, 0) is 0 Å². The van der Waals surface area contributed by atoms with Gasteiger partial charge >= 0.3 is 0 Å². The molecule has 0 saturated heterocycles. The van der Waals surface area contributed by atoms with Crippen molar-refractivity contribution in [3.8, 4) is 0 Å². The van der Waals surface area contributed by atoms with Gasteiger partial charge in [0.15, 0.2) is 0 Å². The minimum Gasteiger partial charge on any atom is -0.241 e. The molecule has 1 aromatic rings. The fourth-order valence-corrected chi connectivity index (χ4v) is 0.515. The third-order valence-electron chi connectivity index (χ3n) is 1.05. The zero-order valence-corrected chi connectivity index (χ0v) is 5.38. The van der Waals surface area contributed by atoms with E-state index in [0.717, 1.165) is 12.4 Å². The van der Waals surface area contributed by atoms with Crippen molar-refractivity contribution in [1.82, 2.24) is 9.97 Å². The van der Waals surface area contributed by atoms with Crippen molar-refractivity contribution in [3.63, 3.8) is 0 Å². The molecule has 0 aliphatic heterocycles. The van der Waals surface area contributed by atoms with Crippen LogP contribution in [0, 0.1) is 6.92 Å². The summed E-state index contributed by atoms with van der Waals surface area (Å²) in [6.07, 6.45) is -0.208. The summed E-state index contributed by atoms with van der Waals surface area (Å²) >= 11 is 0. The van der Waals surface area contributed by atoms with Crippen LogP contribution in [0.3, 0.4) is 0 Å². The Balaban J connectivity index is 2.89. The van der Waals surface area contributed by atoms with Gasteiger partial charge in [-0.25, -0.2) is 18.7 Å². The lowest BCUT2D eigenvalue weighted by Gasteiger charge is -1.96. The molecule has 0 radical (unpaired) electrons. The van der Waals surface area contributed by atoms with E-state index < -0.39 is 6.43 Å². The van der Waals surface area contributed by atoms with Crippen LogP contribution in [0.2, 0.25) is 0 Å². The van der Waals surface area contributed by atoms with Crippen molar-refractivity contribution >= 4 is 0 Å². The molecule has 1 rings (SSSR count). The van der Waals surface area contributed by atoms with Crippen molar-refractivity contribution in [3.05, 3.63) is 23.8 Å². The van der Waals surface area contributed by atoms with Gasteiger partial charge in [-0.15, -0.1) is 0 Å². The molecule has 54 valence electrons. The smallest absolute Gasteiger partial charge is 0.241 e. The number of nitrogens with zero attached hydrogens (tertiary/aromatic N) is 2. The number of aryl methyl sites for hydroxylation is 1. The van der Waals surface area contributed by atoms with Gasteiger partial charge in [0, 0.05) is 12.4 Å². The van der Waals surface area contributed by atoms with Gasteiger partial charge in [-0.2, -0.15) is 0 Å². The number of rotatable bonds is 1. The first-order valence-electron chi connectivity index (χ1n) is 2.77. The van der Waals surface area contributed by atoms with Crippen molar-refractivity contribution < 1.29 is 8.78 Å². The molecular weight excluding hydrogens is 138 g/mol. The minimum absolute atomic E-state index is 0.134. The minimum atomic E-state index is -2.47. The van der Waals surface area contributed by atoms with E-state index in [0.29, 0.717) is 5.82 Å². The number of hydrogen-bond acceptors (Lipinski definition) is 2. The van der Waals surface area contributed by atoms with Crippen molar-refractivity contribution in [2.45, 2.75) is 13.3 Å². The molecule has 1 heterocycles. The van der Waals surface area contributed by atoms with Crippen molar-refractivity contribution in [1.29, 1.82) is 0 Å². The SMILES string of the molecule is Cc1ncc(C(F)F)cn1. The molecule has 0 N–H and O–H groups in total. The molecule has 0 spiro atoms. The van der Waals surface area contributed by atoms with Crippen molar-refractivity contribution in [2.24, 2.45) is 0 Å². The molecule has 2 nitrogen and oxygen atoms in total. The van der Waals surface area contributed by atoms with Gasteiger partial charge in [-0.05, 0) is 6.92 Å². The molecule has 1 aromatic heterocycles. The molecule has 0 unspecified atom stereocenters. The van der Waals surface area contributed by atoms with Gasteiger partial charge < -0.3 is 0 Å². The van der Waals surface area contributed by atoms with Crippen LogP contribution < -0.4 is 0 Å². The van der Waals surface area contributed by atoms with E-state index in [2.05, 4.69) is 9.97 Å². The Bertz CT molecular complexity index is 207. The Labute approximate surface area is 56.9 Å². The Morgan fingerprint density at radius 1 is 1.30 bits per heavy atom. The monoisotopic (exact) mass is 144 g/mol. The maximum Gasteiger partial charge on any atom is 0.266 e. The highest BCUT2D eigenvalue weighted by Crippen LogP contribution is 2.15. The first kappa shape index (κ1) is 7.05. The highest BCUT2D eigenvalue weighted by molar-refractivity contribution is 5.05. The van der Waals surface area contributed by atoms with Gasteiger partial charge in [-0.3, -0.25) is 0 Å². The Morgan fingerprint density at radius 2 is 1.80 bits per heavy atom. The quantitative estimate of drug-likeness (QED) is 0.599. The van der Waals surface area contributed by atoms with E-state index in [1.165, 1.54) is 0 Å². The molecule has 0 bridgehead atoms. The molecule has 0 aromatic carbocycles.